The standard InChI is InChI=1S/C10H20N4O4/c1-11(2)8(15)6-9(16)14(18)13(5)7-10(17)12(3)4/h14H,6-7H2,1-5H3. The molecule has 0 aliphatic heterocycles. The van der Waals surface area contributed by atoms with Crippen molar-refractivity contribution in [3.63, 3.8) is 0 Å². The summed E-state index contributed by atoms with van der Waals surface area (Å²) >= 11 is 0. The molecule has 0 aromatic rings. The number of carbonyl (C=O) groups excluding carboxylic acids is 3. The summed E-state index contributed by atoms with van der Waals surface area (Å²) in [6, 6.07) is 0. The van der Waals surface area contributed by atoms with Crippen molar-refractivity contribution in [2.24, 2.45) is 0 Å². The van der Waals surface area contributed by atoms with Crippen LogP contribution < -0.4 is 5.17 Å². The van der Waals surface area contributed by atoms with E-state index in [0.717, 1.165) is 5.01 Å². The van der Waals surface area contributed by atoms with Gasteiger partial charge in [-0.15, -0.1) is 5.01 Å². The molecule has 0 heterocycles. The van der Waals surface area contributed by atoms with Crippen LogP contribution in [0.25, 0.3) is 0 Å². The molecular weight excluding hydrogens is 240 g/mol. The zero-order chi connectivity index (χ0) is 14.5. The van der Waals surface area contributed by atoms with Crippen LogP contribution in [0.2, 0.25) is 0 Å². The number of quaternary nitrogens is 1. The lowest BCUT2D eigenvalue weighted by Crippen LogP contribution is -3.16. The number of nitrogens with one attached hydrogen (secondary N) is 1. The highest BCUT2D eigenvalue weighted by Crippen LogP contribution is 1.86. The maximum absolute atomic E-state index is 11.6. The van der Waals surface area contributed by atoms with Gasteiger partial charge in [0.15, 0.2) is 0 Å². The Morgan fingerprint density at radius 3 is 1.78 bits per heavy atom. The first kappa shape index (κ1) is 16.5. The normalized spacial score (nSPS) is 12.2. The third-order valence-corrected chi connectivity index (χ3v) is 2.27. The van der Waals surface area contributed by atoms with Crippen LogP contribution in [-0.2, 0) is 14.4 Å². The highest BCUT2D eigenvalue weighted by molar-refractivity contribution is 5.92. The zero-order valence-corrected chi connectivity index (χ0v) is 11.4. The van der Waals surface area contributed by atoms with Crippen LogP contribution in [0.5, 0.6) is 0 Å². The summed E-state index contributed by atoms with van der Waals surface area (Å²) in [4.78, 5) is 36.7. The summed E-state index contributed by atoms with van der Waals surface area (Å²) in [6.07, 6.45) is -0.480. The van der Waals surface area contributed by atoms with Crippen molar-refractivity contribution < 1.29 is 19.6 Å². The van der Waals surface area contributed by atoms with Crippen LogP contribution in [0.15, 0.2) is 0 Å². The Hall–Kier alpha value is -1.51. The molecule has 0 aliphatic rings. The SMILES string of the molecule is CN(C)C(=O)CC(=O)[NH+]([O-])N(C)CC(=O)N(C)C. The van der Waals surface area contributed by atoms with Gasteiger partial charge in [-0.1, -0.05) is 0 Å². The first-order valence-electron chi connectivity index (χ1n) is 5.35. The quantitative estimate of drug-likeness (QED) is 0.429. The molecule has 3 amide bonds. The van der Waals surface area contributed by atoms with Crippen LogP contribution in [0.3, 0.4) is 0 Å². The van der Waals surface area contributed by atoms with Gasteiger partial charge in [-0.2, -0.15) is 0 Å². The van der Waals surface area contributed by atoms with Gasteiger partial charge in [-0.25, -0.2) is 9.97 Å². The van der Waals surface area contributed by atoms with E-state index in [-0.39, 0.29) is 12.5 Å². The summed E-state index contributed by atoms with van der Waals surface area (Å²) in [5.74, 6) is -1.55. The Balaban J connectivity index is 4.37. The van der Waals surface area contributed by atoms with Gasteiger partial charge in [-0.3, -0.25) is 9.59 Å². The second-order valence-electron chi connectivity index (χ2n) is 4.34. The van der Waals surface area contributed by atoms with Gasteiger partial charge in [0.2, 0.25) is 11.8 Å². The molecule has 0 bridgehead atoms. The van der Waals surface area contributed by atoms with Crippen molar-refractivity contribution in [2.75, 3.05) is 41.8 Å². The fourth-order valence-corrected chi connectivity index (χ4v) is 1.00. The number of carbonyl (C=O) groups is 3. The Morgan fingerprint density at radius 2 is 1.39 bits per heavy atom. The highest BCUT2D eigenvalue weighted by atomic mass is 16.6. The van der Waals surface area contributed by atoms with Gasteiger partial charge in [0.25, 0.3) is 0 Å². The molecule has 0 rings (SSSR count). The van der Waals surface area contributed by atoms with E-state index in [1.807, 2.05) is 0 Å². The number of rotatable bonds is 5. The molecule has 0 saturated carbocycles. The van der Waals surface area contributed by atoms with Gasteiger partial charge in [0, 0.05) is 35.2 Å². The van der Waals surface area contributed by atoms with E-state index >= 15 is 0 Å². The van der Waals surface area contributed by atoms with Gasteiger partial charge in [0.1, 0.15) is 13.0 Å². The maximum atomic E-state index is 11.6. The van der Waals surface area contributed by atoms with Gasteiger partial charge >= 0.3 is 5.91 Å². The molecule has 0 spiro atoms. The van der Waals surface area contributed by atoms with E-state index in [9.17, 15) is 19.6 Å². The molecule has 8 heteroatoms. The summed E-state index contributed by atoms with van der Waals surface area (Å²) in [5, 5.41) is 11.8. The second kappa shape index (κ2) is 7.04. The minimum absolute atomic E-state index is 0.187. The molecule has 0 radical (unpaired) electrons. The van der Waals surface area contributed by atoms with E-state index < -0.39 is 23.4 Å². The fraction of sp³-hybridized carbons (Fsp3) is 0.700. The molecule has 0 aliphatic carbocycles. The molecule has 0 saturated heterocycles. The molecule has 104 valence electrons. The number of hydrogen-bond donors (Lipinski definition) is 1. The van der Waals surface area contributed by atoms with E-state index in [1.165, 1.54) is 30.9 Å². The topological polar surface area (TPSA) is 88.4 Å². The predicted molar refractivity (Wildman–Crippen MR) is 64.0 cm³/mol. The van der Waals surface area contributed by atoms with Crippen LogP contribution in [0.1, 0.15) is 6.42 Å². The molecule has 1 N–H and O–H groups in total. The summed E-state index contributed by atoms with van der Waals surface area (Å²) in [6.45, 7) is -0.187. The minimum Gasteiger partial charge on any atom is -0.606 e. The monoisotopic (exact) mass is 260 g/mol. The van der Waals surface area contributed by atoms with E-state index in [0.29, 0.717) is 0 Å². The molecular formula is C10H20N4O4. The number of hydrogen-bond acceptors (Lipinski definition) is 5. The number of hydroxylamine groups is 1. The third kappa shape index (κ3) is 5.21. The van der Waals surface area contributed by atoms with Crippen molar-refractivity contribution in [2.45, 2.75) is 6.42 Å². The Kier molecular flexibility index (Phi) is 6.45. The lowest BCUT2D eigenvalue weighted by molar-refractivity contribution is -0.894. The van der Waals surface area contributed by atoms with Crippen LogP contribution in [-0.4, -0.2) is 74.3 Å². The summed E-state index contributed by atoms with van der Waals surface area (Å²) in [7, 11) is 7.45. The van der Waals surface area contributed by atoms with E-state index in [2.05, 4.69) is 0 Å². The summed E-state index contributed by atoms with van der Waals surface area (Å²) < 4.78 is 0. The zero-order valence-electron chi connectivity index (χ0n) is 11.4. The van der Waals surface area contributed by atoms with Crippen molar-refractivity contribution in [1.82, 2.24) is 14.8 Å². The molecule has 18 heavy (non-hydrogen) atoms. The molecule has 0 aromatic heterocycles. The molecule has 0 fully saturated rings. The lowest BCUT2D eigenvalue weighted by Gasteiger charge is -2.28. The van der Waals surface area contributed by atoms with Crippen LogP contribution in [0, 0.1) is 5.21 Å². The number of nitrogens with zero attached hydrogens (tertiary/aromatic N) is 3. The molecule has 8 nitrogen and oxygen atoms in total. The molecule has 0 aromatic carbocycles. The number of likely N-dealkylation sites (N-methyl/N-ethyl adjacent to an activating group) is 2. The van der Waals surface area contributed by atoms with E-state index in [4.69, 9.17) is 0 Å². The first-order chi connectivity index (χ1) is 8.16. The van der Waals surface area contributed by atoms with Crippen molar-refractivity contribution in [1.29, 1.82) is 0 Å². The Labute approximate surface area is 106 Å². The van der Waals surface area contributed by atoms with Crippen molar-refractivity contribution in [3.8, 4) is 0 Å². The fourth-order valence-electron chi connectivity index (χ4n) is 1.00. The van der Waals surface area contributed by atoms with Gasteiger partial charge in [-0.05, 0) is 0 Å². The van der Waals surface area contributed by atoms with Crippen LogP contribution in [0.4, 0.5) is 0 Å². The molecule has 1 atom stereocenters. The lowest BCUT2D eigenvalue weighted by atomic mass is 10.3. The Bertz CT molecular complexity index is 330. The second-order valence-corrected chi connectivity index (χ2v) is 4.34. The average molecular weight is 260 g/mol. The highest BCUT2D eigenvalue weighted by Gasteiger charge is 2.23. The third-order valence-electron chi connectivity index (χ3n) is 2.27. The van der Waals surface area contributed by atoms with E-state index in [1.54, 1.807) is 14.1 Å². The molecule has 1 unspecified atom stereocenters. The largest absolute Gasteiger partial charge is 0.606 e. The minimum atomic E-state index is -0.833. The van der Waals surface area contributed by atoms with Gasteiger partial charge < -0.3 is 15.0 Å². The smallest absolute Gasteiger partial charge is 0.340 e. The summed E-state index contributed by atoms with van der Waals surface area (Å²) in [5.41, 5.74) is 0. The van der Waals surface area contributed by atoms with Gasteiger partial charge in [0.05, 0.1) is 0 Å². The number of amides is 3. The average Bonchev–Trinajstić information content (AvgIpc) is 2.27. The van der Waals surface area contributed by atoms with Crippen molar-refractivity contribution >= 4 is 17.7 Å². The first-order valence-corrected chi connectivity index (χ1v) is 5.35. The maximum Gasteiger partial charge on any atom is 0.340 e. The Morgan fingerprint density at radius 1 is 0.944 bits per heavy atom. The van der Waals surface area contributed by atoms with Crippen molar-refractivity contribution in [3.05, 3.63) is 5.21 Å². The predicted octanol–water partition coefficient (Wildman–Crippen LogP) is -2.69. The van der Waals surface area contributed by atoms with Crippen LogP contribution >= 0.6 is 0 Å².